The lowest BCUT2D eigenvalue weighted by Gasteiger charge is -2.23. The van der Waals surface area contributed by atoms with Crippen LogP contribution in [-0.4, -0.2) is 32.2 Å². The number of pyridine rings is 1. The third-order valence-corrected chi connectivity index (χ3v) is 5.05. The molecule has 2 heterocycles. The summed E-state index contributed by atoms with van der Waals surface area (Å²) in [7, 11) is 0. The van der Waals surface area contributed by atoms with Gasteiger partial charge in [-0.3, -0.25) is 4.98 Å². The maximum atomic E-state index is 13.0. The van der Waals surface area contributed by atoms with Gasteiger partial charge in [-0.25, -0.2) is 9.48 Å². The molecule has 2 aromatic heterocycles. The van der Waals surface area contributed by atoms with Crippen molar-refractivity contribution in [1.82, 2.24) is 25.0 Å². The Balaban J connectivity index is 1.42. The normalized spacial score (nSPS) is 10.6. The number of hydrogen-bond donors (Lipinski definition) is 1. The summed E-state index contributed by atoms with van der Waals surface area (Å²) in [5, 5.41) is 7.34. The lowest BCUT2D eigenvalue weighted by Crippen LogP contribution is -2.40. The summed E-state index contributed by atoms with van der Waals surface area (Å²) >= 11 is 0. The van der Waals surface area contributed by atoms with Crippen molar-refractivity contribution >= 4 is 6.03 Å². The summed E-state index contributed by atoms with van der Waals surface area (Å²) in [5.74, 6) is 0. The van der Waals surface area contributed by atoms with E-state index < -0.39 is 0 Å². The number of amides is 2. The van der Waals surface area contributed by atoms with Crippen molar-refractivity contribution in [3.8, 4) is 5.69 Å². The first-order chi connectivity index (χ1) is 15.3. The summed E-state index contributed by atoms with van der Waals surface area (Å²) in [6.07, 6.45) is 7.96. The Morgan fingerprint density at radius 2 is 1.68 bits per heavy atom. The van der Waals surface area contributed by atoms with Gasteiger partial charge in [-0.2, -0.15) is 5.10 Å². The maximum Gasteiger partial charge on any atom is 0.317 e. The van der Waals surface area contributed by atoms with E-state index in [2.05, 4.69) is 27.5 Å². The van der Waals surface area contributed by atoms with E-state index >= 15 is 0 Å². The van der Waals surface area contributed by atoms with Crippen LogP contribution in [0.5, 0.6) is 0 Å². The molecule has 4 rings (SSSR count). The standard InChI is InChI=1S/C25H25N5O/c31-25(27-19-23-8-4-9-24(18-23)30-16-5-13-28-30)29(20-22-10-14-26-15-11-22)17-12-21-6-2-1-3-7-21/h1-11,13-16,18H,12,17,19-20H2,(H,27,31). The number of benzene rings is 2. The zero-order valence-electron chi connectivity index (χ0n) is 17.3. The van der Waals surface area contributed by atoms with E-state index in [9.17, 15) is 4.79 Å². The Hall–Kier alpha value is -3.93. The van der Waals surface area contributed by atoms with Crippen LogP contribution in [0.25, 0.3) is 5.69 Å². The van der Waals surface area contributed by atoms with Crippen molar-refractivity contribution in [3.05, 3.63) is 114 Å². The minimum absolute atomic E-state index is 0.0859. The number of rotatable bonds is 8. The SMILES string of the molecule is O=C(NCc1cccc(-n2cccn2)c1)N(CCc1ccccc1)Cc1ccncc1. The summed E-state index contributed by atoms with van der Waals surface area (Å²) in [6, 6.07) is 23.9. The van der Waals surface area contributed by atoms with Gasteiger partial charge in [0.25, 0.3) is 0 Å². The average Bonchev–Trinajstić information content (AvgIpc) is 3.37. The van der Waals surface area contributed by atoms with Gasteiger partial charge < -0.3 is 10.2 Å². The van der Waals surface area contributed by atoms with Gasteiger partial charge in [0.2, 0.25) is 0 Å². The molecule has 156 valence electrons. The van der Waals surface area contributed by atoms with E-state index in [1.54, 1.807) is 23.3 Å². The molecule has 0 fully saturated rings. The van der Waals surface area contributed by atoms with E-state index in [1.165, 1.54) is 5.56 Å². The van der Waals surface area contributed by atoms with Gasteiger partial charge in [0.05, 0.1) is 5.69 Å². The second kappa shape index (κ2) is 10.2. The number of carbonyl (C=O) groups excluding carboxylic acids is 1. The van der Waals surface area contributed by atoms with Crippen LogP contribution in [0.15, 0.2) is 97.6 Å². The lowest BCUT2D eigenvalue weighted by molar-refractivity contribution is 0.195. The smallest absolute Gasteiger partial charge is 0.317 e. The molecule has 0 saturated heterocycles. The second-order valence-electron chi connectivity index (χ2n) is 7.29. The van der Waals surface area contributed by atoms with Crippen molar-refractivity contribution in [1.29, 1.82) is 0 Å². The number of nitrogens with one attached hydrogen (secondary N) is 1. The van der Waals surface area contributed by atoms with Gasteiger partial charge in [-0.05, 0) is 53.4 Å². The molecule has 0 aliphatic carbocycles. The first-order valence-electron chi connectivity index (χ1n) is 10.3. The molecule has 1 N–H and O–H groups in total. The Morgan fingerprint density at radius 1 is 0.871 bits per heavy atom. The van der Waals surface area contributed by atoms with Crippen molar-refractivity contribution in [3.63, 3.8) is 0 Å². The highest BCUT2D eigenvalue weighted by Gasteiger charge is 2.14. The predicted octanol–water partition coefficient (Wildman–Crippen LogP) is 4.22. The highest BCUT2D eigenvalue weighted by atomic mass is 16.2. The molecule has 6 nitrogen and oxygen atoms in total. The van der Waals surface area contributed by atoms with Gasteiger partial charge in [-0.1, -0.05) is 42.5 Å². The molecule has 0 radical (unpaired) electrons. The van der Waals surface area contributed by atoms with Crippen molar-refractivity contribution in [2.45, 2.75) is 19.5 Å². The van der Waals surface area contributed by atoms with Crippen molar-refractivity contribution in [2.75, 3.05) is 6.54 Å². The molecule has 2 aromatic carbocycles. The van der Waals surface area contributed by atoms with Crippen LogP contribution >= 0.6 is 0 Å². The monoisotopic (exact) mass is 411 g/mol. The Bertz CT molecular complexity index is 1080. The molecule has 0 spiro atoms. The van der Waals surface area contributed by atoms with Gasteiger partial charge in [-0.15, -0.1) is 0 Å². The molecule has 2 amide bonds. The number of carbonyl (C=O) groups is 1. The number of aromatic nitrogens is 3. The van der Waals surface area contributed by atoms with Gasteiger partial charge in [0, 0.05) is 44.4 Å². The summed E-state index contributed by atoms with van der Waals surface area (Å²) < 4.78 is 1.81. The summed E-state index contributed by atoms with van der Waals surface area (Å²) in [6.45, 7) is 1.62. The average molecular weight is 412 g/mol. The van der Waals surface area contributed by atoms with E-state index in [4.69, 9.17) is 0 Å². The number of hydrogen-bond acceptors (Lipinski definition) is 3. The molecule has 0 aliphatic rings. The van der Waals surface area contributed by atoms with Gasteiger partial charge in [0.1, 0.15) is 0 Å². The van der Waals surface area contributed by atoms with Crippen molar-refractivity contribution < 1.29 is 4.79 Å². The highest BCUT2D eigenvalue weighted by molar-refractivity contribution is 5.74. The molecule has 0 saturated carbocycles. The van der Waals surface area contributed by atoms with Crippen LogP contribution in [0.2, 0.25) is 0 Å². The molecule has 0 bridgehead atoms. The highest BCUT2D eigenvalue weighted by Crippen LogP contribution is 2.11. The fourth-order valence-electron chi connectivity index (χ4n) is 3.39. The van der Waals surface area contributed by atoms with Crippen LogP contribution in [0, 0.1) is 0 Å². The van der Waals surface area contributed by atoms with Crippen LogP contribution in [0.3, 0.4) is 0 Å². The first-order valence-corrected chi connectivity index (χ1v) is 10.3. The molecule has 31 heavy (non-hydrogen) atoms. The molecular formula is C25H25N5O. The Labute approximate surface area is 182 Å². The van der Waals surface area contributed by atoms with Gasteiger partial charge >= 0.3 is 6.03 Å². The largest absolute Gasteiger partial charge is 0.334 e. The number of urea groups is 1. The minimum Gasteiger partial charge on any atom is -0.334 e. The van der Waals surface area contributed by atoms with Crippen LogP contribution < -0.4 is 5.32 Å². The summed E-state index contributed by atoms with van der Waals surface area (Å²) in [4.78, 5) is 19.0. The van der Waals surface area contributed by atoms with Crippen molar-refractivity contribution in [2.24, 2.45) is 0 Å². The van der Waals surface area contributed by atoms with E-state index in [1.807, 2.05) is 71.8 Å². The quantitative estimate of drug-likeness (QED) is 0.472. The summed E-state index contributed by atoms with van der Waals surface area (Å²) in [5.41, 5.74) is 4.25. The molecule has 6 heteroatoms. The second-order valence-corrected chi connectivity index (χ2v) is 7.29. The molecule has 0 atom stereocenters. The zero-order valence-corrected chi connectivity index (χ0v) is 17.3. The van der Waals surface area contributed by atoms with Gasteiger partial charge in [0.15, 0.2) is 0 Å². The van der Waals surface area contributed by atoms with Crippen LogP contribution in [0.1, 0.15) is 16.7 Å². The topological polar surface area (TPSA) is 63.1 Å². The Morgan fingerprint density at radius 3 is 2.45 bits per heavy atom. The first kappa shape index (κ1) is 20.3. The van der Waals surface area contributed by atoms with E-state index in [0.717, 1.165) is 23.2 Å². The predicted molar refractivity (Wildman–Crippen MR) is 121 cm³/mol. The van der Waals surface area contributed by atoms with E-state index in [-0.39, 0.29) is 6.03 Å². The van der Waals surface area contributed by atoms with E-state index in [0.29, 0.717) is 19.6 Å². The third-order valence-electron chi connectivity index (χ3n) is 5.05. The lowest BCUT2D eigenvalue weighted by atomic mass is 10.1. The fourth-order valence-corrected chi connectivity index (χ4v) is 3.39. The third kappa shape index (κ3) is 5.79. The van der Waals surface area contributed by atoms with Crippen LogP contribution in [0.4, 0.5) is 4.79 Å². The molecule has 0 aliphatic heterocycles. The maximum absolute atomic E-state index is 13.0. The number of nitrogens with zero attached hydrogens (tertiary/aromatic N) is 4. The molecular weight excluding hydrogens is 386 g/mol. The molecule has 0 unspecified atom stereocenters. The van der Waals surface area contributed by atoms with Crippen LogP contribution in [-0.2, 0) is 19.5 Å². The molecule has 4 aromatic rings. The Kier molecular flexibility index (Phi) is 6.70. The fraction of sp³-hybridized carbons (Fsp3) is 0.160. The minimum atomic E-state index is -0.0859. The zero-order chi connectivity index (χ0) is 21.3.